The Balaban J connectivity index is 1.14. The molecule has 2 aliphatic heterocycles. The summed E-state index contributed by atoms with van der Waals surface area (Å²) >= 11 is 0. The molecule has 2 saturated carbocycles. The minimum absolute atomic E-state index is 0.0362. The summed E-state index contributed by atoms with van der Waals surface area (Å²) in [5.74, 6) is 0.171. The molecule has 7 rings (SSSR count). The fourth-order valence-corrected chi connectivity index (χ4v) is 6.27. The van der Waals surface area contributed by atoms with E-state index in [1.807, 2.05) is 11.0 Å². The first-order valence-electron chi connectivity index (χ1n) is 14.0. The second-order valence-electron chi connectivity index (χ2n) is 11.5. The van der Waals surface area contributed by atoms with Gasteiger partial charge in [0.15, 0.2) is 0 Å². The maximum Gasteiger partial charge on any atom is 0.272 e. The summed E-state index contributed by atoms with van der Waals surface area (Å²) in [5, 5.41) is 8.06. The van der Waals surface area contributed by atoms with Crippen molar-refractivity contribution in [2.45, 2.75) is 69.6 Å². The minimum atomic E-state index is -0.560. The van der Waals surface area contributed by atoms with Crippen LogP contribution in [0, 0.1) is 11.7 Å². The van der Waals surface area contributed by atoms with E-state index in [2.05, 4.69) is 10.2 Å². The molecule has 2 bridgehead atoms. The molecular weight excluding hydrogens is 499 g/mol. The van der Waals surface area contributed by atoms with E-state index >= 15 is 4.39 Å². The number of hydrogen-bond donors (Lipinski definition) is 1. The number of aromatic amines is 1. The number of carbonyl (C=O) groups excluding carboxylic acids is 2. The number of nitrogens with one attached hydrogen (secondary N) is 1. The summed E-state index contributed by atoms with van der Waals surface area (Å²) in [6, 6.07) is 9.82. The molecule has 2 aliphatic carbocycles. The first-order valence-corrected chi connectivity index (χ1v) is 14.0. The molecule has 8 nitrogen and oxygen atoms in total. The largest absolute Gasteiger partial charge is 0.490 e. The van der Waals surface area contributed by atoms with Crippen LogP contribution in [0.1, 0.15) is 66.6 Å². The lowest BCUT2D eigenvalue weighted by Crippen LogP contribution is -2.57. The normalized spacial score (nSPS) is 22.7. The van der Waals surface area contributed by atoms with E-state index in [9.17, 15) is 14.4 Å². The number of H-pyrrole nitrogens is 1. The maximum absolute atomic E-state index is 15.0. The number of nitrogens with zero attached hydrogens (tertiary/aromatic N) is 3. The van der Waals surface area contributed by atoms with Gasteiger partial charge in [0.25, 0.3) is 11.5 Å². The van der Waals surface area contributed by atoms with Gasteiger partial charge in [0.1, 0.15) is 11.6 Å². The zero-order chi connectivity index (χ0) is 26.7. The first-order chi connectivity index (χ1) is 18.9. The van der Waals surface area contributed by atoms with Crippen molar-refractivity contribution in [3.05, 3.63) is 69.4 Å². The average Bonchev–Trinajstić information content (AvgIpc) is 3.73. The molecule has 2 aromatic carbocycles. The predicted molar refractivity (Wildman–Crippen MR) is 142 cm³/mol. The van der Waals surface area contributed by atoms with Crippen molar-refractivity contribution in [3.8, 4) is 5.75 Å². The van der Waals surface area contributed by atoms with E-state index in [1.165, 1.54) is 6.07 Å². The molecule has 1 aromatic heterocycles. The molecule has 202 valence electrons. The van der Waals surface area contributed by atoms with Crippen LogP contribution in [0.4, 0.5) is 4.39 Å². The van der Waals surface area contributed by atoms with Gasteiger partial charge < -0.3 is 14.5 Å². The number of ether oxygens (including phenoxy) is 1. The van der Waals surface area contributed by atoms with Crippen LogP contribution < -0.4 is 10.3 Å². The van der Waals surface area contributed by atoms with Crippen LogP contribution in [0.5, 0.6) is 5.75 Å². The van der Waals surface area contributed by atoms with E-state index in [4.69, 9.17) is 4.74 Å². The molecule has 39 heavy (non-hydrogen) atoms. The van der Waals surface area contributed by atoms with E-state index in [-0.39, 0.29) is 47.0 Å². The third-order valence-electron chi connectivity index (χ3n) is 8.78. The summed E-state index contributed by atoms with van der Waals surface area (Å²) in [6.45, 7) is 1.05. The molecule has 0 radical (unpaired) electrons. The third-order valence-corrected chi connectivity index (χ3v) is 8.78. The Labute approximate surface area is 225 Å². The molecule has 0 spiro atoms. The topological polar surface area (TPSA) is 95.6 Å². The van der Waals surface area contributed by atoms with Crippen molar-refractivity contribution in [1.82, 2.24) is 20.0 Å². The van der Waals surface area contributed by atoms with Gasteiger partial charge in [0.2, 0.25) is 5.91 Å². The van der Waals surface area contributed by atoms with Crippen LogP contribution in [0.15, 0.2) is 41.2 Å². The Hall–Kier alpha value is -3.75. The lowest BCUT2D eigenvalue weighted by atomic mass is 9.96. The first kappa shape index (κ1) is 24.3. The quantitative estimate of drug-likeness (QED) is 0.523. The van der Waals surface area contributed by atoms with Crippen molar-refractivity contribution in [2.75, 3.05) is 13.1 Å². The summed E-state index contributed by atoms with van der Waals surface area (Å²) in [5.41, 5.74) is 1.10. The Morgan fingerprint density at radius 2 is 1.74 bits per heavy atom. The Bertz CT molecular complexity index is 1520. The number of carbonyl (C=O) groups is 2. The third kappa shape index (κ3) is 4.47. The molecule has 0 unspecified atom stereocenters. The molecule has 2 amide bonds. The number of amides is 2. The summed E-state index contributed by atoms with van der Waals surface area (Å²) < 4.78 is 21.1. The van der Waals surface area contributed by atoms with Crippen LogP contribution in [-0.2, 0) is 11.2 Å². The number of aromatic nitrogens is 2. The summed E-state index contributed by atoms with van der Waals surface area (Å²) in [6.07, 6.45) is 7.30. The van der Waals surface area contributed by atoms with Gasteiger partial charge in [-0.25, -0.2) is 9.49 Å². The van der Waals surface area contributed by atoms with E-state index in [1.54, 1.807) is 29.2 Å². The fraction of sp³-hybridized carbons (Fsp3) is 0.467. The molecular formula is C30H31FN4O4. The van der Waals surface area contributed by atoms with Gasteiger partial charge in [-0.15, -0.1) is 0 Å². The summed E-state index contributed by atoms with van der Waals surface area (Å²) in [7, 11) is 0. The Morgan fingerprint density at radius 3 is 2.44 bits per heavy atom. The van der Waals surface area contributed by atoms with Gasteiger partial charge in [-0.05, 0) is 80.8 Å². The van der Waals surface area contributed by atoms with Crippen molar-refractivity contribution >= 4 is 22.6 Å². The predicted octanol–water partition coefficient (Wildman–Crippen LogP) is 3.81. The number of rotatable bonds is 6. The Kier molecular flexibility index (Phi) is 5.90. The van der Waals surface area contributed by atoms with E-state index in [0.29, 0.717) is 41.7 Å². The summed E-state index contributed by atoms with van der Waals surface area (Å²) in [4.78, 5) is 42.4. The van der Waals surface area contributed by atoms with Gasteiger partial charge in [0.05, 0.1) is 34.8 Å². The average molecular weight is 531 g/mol. The van der Waals surface area contributed by atoms with Crippen molar-refractivity contribution < 1.29 is 18.7 Å². The molecule has 3 heterocycles. The highest BCUT2D eigenvalue weighted by Crippen LogP contribution is 2.37. The number of likely N-dealkylation sites (tertiary alicyclic amines) is 1. The number of halogens is 1. The molecule has 1 N–H and O–H groups in total. The molecule has 4 fully saturated rings. The SMILES string of the molecule is O=C(C1CC1)N1C[C@H]2CC[C@@H](C1)N2C(=O)c1cc(Cc2n[nH]c(=O)c3ccc(OC4CCC4)cc23)ccc1F. The maximum atomic E-state index is 15.0. The van der Waals surface area contributed by atoms with Gasteiger partial charge in [-0.3, -0.25) is 14.4 Å². The molecule has 9 heteroatoms. The van der Waals surface area contributed by atoms with Gasteiger partial charge in [-0.1, -0.05) is 6.07 Å². The number of piperazine rings is 1. The van der Waals surface area contributed by atoms with Crippen molar-refractivity contribution in [2.24, 2.45) is 5.92 Å². The van der Waals surface area contributed by atoms with Crippen LogP contribution in [-0.4, -0.2) is 63.1 Å². The smallest absolute Gasteiger partial charge is 0.272 e. The zero-order valence-corrected chi connectivity index (χ0v) is 21.7. The fourth-order valence-electron chi connectivity index (χ4n) is 6.27. The second kappa shape index (κ2) is 9.47. The monoisotopic (exact) mass is 530 g/mol. The molecule has 2 saturated heterocycles. The zero-order valence-electron chi connectivity index (χ0n) is 21.7. The highest BCUT2D eigenvalue weighted by molar-refractivity contribution is 5.96. The second-order valence-corrected chi connectivity index (χ2v) is 11.5. The molecule has 4 aliphatic rings. The van der Waals surface area contributed by atoms with Gasteiger partial charge in [-0.2, -0.15) is 5.10 Å². The Morgan fingerprint density at radius 1 is 0.974 bits per heavy atom. The highest BCUT2D eigenvalue weighted by atomic mass is 19.1. The van der Waals surface area contributed by atoms with E-state index < -0.39 is 5.82 Å². The van der Waals surface area contributed by atoms with Crippen LogP contribution in [0.25, 0.3) is 10.8 Å². The van der Waals surface area contributed by atoms with Crippen molar-refractivity contribution in [1.29, 1.82) is 0 Å². The minimum Gasteiger partial charge on any atom is -0.490 e. The van der Waals surface area contributed by atoms with Crippen molar-refractivity contribution in [3.63, 3.8) is 0 Å². The number of benzene rings is 2. The lowest BCUT2D eigenvalue weighted by Gasteiger charge is -2.41. The molecule has 3 aromatic rings. The number of hydrogen-bond acceptors (Lipinski definition) is 5. The van der Waals surface area contributed by atoms with Crippen LogP contribution >= 0.6 is 0 Å². The molecule has 2 atom stereocenters. The standard InChI is InChI=1S/C30H31FN4O4/c31-26-11-4-17(13-27-24-14-22(39-21-2-1-3-21)9-10-23(24)28(36)33-32-27)12-25(26)30(38)35-19-7-8-20(35)16-34(15-19)29(37)18-5-6-18/h4,9-12,14,18-21H,1-3,5-8,13,15-16H2,(H,33,36)/t19-,20+. The van der Waals surface area contributed by atoms with Gasteiger partial charge >= 0.3 is 0 Å². The van der Waals surface area contributed by atoms with E-state index in [0.717, 1.165) is 50.5 Å². The lowest BCUT2D eigenvalue weighted by molar-refractivity contribution is -0.135. The van der Waals surface area contributed by atoms with Crippen LogP contribution in [0.2, 0.25) is 0 Å². The van der Waals surface area contributed by atoms with Crippen LogP contribution in [0.3, 0.4) is 0 Å². The highest BCUT2D eigenvalue weighted by Gasteiger charge is 2.46. The number of fused-ring (bicyclic) bond motifs is 3. The van der Waals surface area contributed by atoms with Gasteiger partial charge in [0, 0.05) is 30.8 Å².